The van der Waals surface area contributed by atoms with Gasteiger partial charge in [-0.3, -0.25) is 4.79 Å². The minimum absolute atomic E-state index is 0.112. The van der Waals surface area contributed by atoms with Gasteiger partial charge in [0.15, 0.2) is 0 Å². The third-order valence-electron chi connectivity index (χ3n) is 2.90. The molecular formula is C12H17NO3S. The summed E-state index contributed by atoms with van der Waals surface area (Å²) in [6.07, 6.45) is 0.734. The van der Waals surface area contributed by atoms with E-state index in [1.54, 1.807) is 6.92 Å². The van der Waals surface area contributed by atoms with Gasteiger partial charge >= 0.3 is 5.97 Å². The summed E-state index contributed by atoms with van der Waals surface area (Å²) in [5, 5.41) is 12.3. The number of aromatic carboxylic acids is 1. The quantitative estimate of drug-likeness (QED) is 0.869. The summed E-state index contributed by atoms with van der Waals surface area (Å²) in [6, 6.07) is 0. The zero-order valence-corrected chi connectivity index (χ0v) is 11.3. The van der Waals surface area contributed by atoms with Crippen LogP contribution in [0, 0.1) is 19.8 Å². The van der Waals surface area contributed by atoms with Gasteiger partial charge in [-0.1, -0.05) is 13.8 Å². The predicted octanol–water partition coefficient (Wildman–Crippen LogP) is 3.05. The summed E-state index contributed by atoms with van der Waals surface area (Å²) in [5.41, 5.74) is 0.936. The van der Waals surface area contributed by atoms with E-state index in [1.165, 1.54) is 11.3 Å². The molecule has 1 amide bonds. The number of carboxylic acid groups (broad SMARTS) is 1. The second-order valence-electron chi connectivity index (χ2n) is 4.09. The first kappa shape index (κ1) is 13.7. The van der Waals surface area contributed by atoms with E-state index in [0.29, 0.717) is 5.00 Å². The summed E-state index contributed by atoms with van der Waals surface area (Å²) >= 11 is 1.31. The zero-order valence-electron chi connectivity index (χ0n) is 10.5. The average molecular weight is 255 g/mol. The normalized spacial score (nSPS) is 12.2. The molecule has 1 atom stereocenters. The summed E-state index contributed by atoms with van der Waals surface area (Å²) in [5.74, 6) is -1.23. The molecule has 1 rings (SSSR count). The number of nitrogens with one attached hydrogen (secondary N) is 1. The van der Waals surface area contributed by atoms with Crippen molar-refractivity contribution >= 4 is 28.2 Å². The number of carboxylic acids is 1. The molecule has 5 heteroatoms. The van der Waals surface area contributed by atoms with Crippen LogP contribution in [0.5, 0.6) is 0 Å². The fraction of sp³-hybridized carbons (Fsp3) is 0.500. The van der Waals surface area contributed by atoms with Gasteiger partial charge in [0.05, 0.1) is 5.56 Å². The number of thiophene rings is 1. The molecule has 4 nitrogen and oxygen atoms in total. The third-order valence-corrected chi connectivity index (χ3v) is 4.02. The highest BCUT2D eigenvalue weighted by Gasteiger charge is 2.21. The standard InChI is InChI=1S/C12H17NO3S/c1-5-6(2)10(14)13-11-9(12(15)16)7(3)8(4)17-11/h6H,5H2,1-4H3,(H,13,14)(H,15,16). The number of hydrogen-bond donors (Lipinski definition) is 2. The van der Waals surface area contributed by atoms with Crippen molar-refractivity contribution in [1.82, 2.24) is 0 Å². The second-order valence-corrected chi connectivity index (χ2v) is 5.32. The van der Waals surface area contributed by atoms with Crippen LogP contribution in [0.4, 0.5) is 5.00 Å². The lowest BCUT2D eigenvalue weighted by Gasteiger charge is -2.09. The topological polar surface area (TPSA) is 66.4 Å². The monoisotopic (exact) mass is 255 g/mol. The molecule has 1 heterocycles. The number of anilines is 1. The van der Waals surface area contributed by atoms with Gasteiger partial charge in [0, 0.05) is 10.8 Å². The minimum Gasteiger partial charge on any atom is -0.478 e. The van der Waals surface area contributed by atoms with Crippen LogP contribution >= 0.6 is 11.3 Å². The molecule has 0 aliphatic carbocycles. The molecule has 0 radical (unpaired) electrons. The van der Waals surface area contributed by atoms with Crippen molar-refractivity contribution in [3.63, 3.8) is 0 Å². The number of rotatable bonds is 4. The Balaban J connectivity index is 3.03. The van der Waals surface area contributed by atoms with Crippen molar-refractivity contribution in [3.05, 3.63) is 16.0 Å². The van der Waals surface area contributed by atoms with Crippen LogP contribution in [0.2, 0.25) is 0 Å². The SMILES string of the molecule is CCC(C)C(=O)Nc1sc(C)c(C)c1C(=O)O. The second kappa shape index (κ2) is 5.31. The lowest BCUT2D eigenvalue weighted by Crippen LogP contribution is -2.20. The van der Waals surface area contributed by atoms with E-state index in [1.807, 2.05) is 20.8 Å². The molecule has 0 aromatic carbocycles. The molecule has 0 aliphatic rings. The Kier molecular flexibility index (Phi) is 4.28. The van der Waals surface area contributed by atoms with Crippen molar-refractivity contribution in [1.29, 1.82) is 0 Å². The smallest absolute Gasteiger partial charge is 0.338 e. The molecule has 0 saturated carbocycles. The zero-order chi connectivity index (χ0) is 13.2. The van der Waals surface area contributed by atoms with E-state index in [0.717, 1.165) is 16.9 Å². The van der Waals surface area contributed by atoms with E-state index in [4.69, 9.17) is 5.11 Å². The van der Waals surface area contributed by atoms with Crippen LogP contribution in [0.25, 0.3) is 0 Å². The number of carbonyl (C=O) groups excluding carboxylic acids is 1. The first-order valence-electron chi connectivity index (χ1n) is 5.52. The molecule has 2 N–H and O–H groups in total. The third kappa shape index (κ3) is 2.85. The Labute approximate surface area is 105 Å². The fourth-order valence-corrected chi connectivity index (χ4v) is 2.45. The Morgan fingerprint density at radius 2 is 2.00 bits per heavy atom. The highest BCUT2D eigenvalue weighted by molar-refractivity contribution is 7.16. The summed E-state index contributed by atoms with van der Waals surface area (Å²) < 4.78 is 0. The maximum Gasteiger partial charge on any atom is 0.338 e. The van der Waals surface area contributed by atoms with Gasteiger partial charge in [-0.25, -0.2) is 4.79 Å². The van der Waals surface area contributed by atoms with Crippen LogP contribution in [-0.2, 0) is 4.79 Å². The largest absolute Gasteiger partial charge is 0.478 e. The van der Waals surface area contributed by atoms with Gasteiger partial charge < -0.3 is 10.4 Å². The molecule has 0 bridgehead atoms. The molecule has 94 valence electrons. The van der Waals surface area contributed by atoms with Crippen LogP contribution in [0.1, 0.15) is 41.1 Å². The first-order valence-corrected chi connectivity index (χ1v) is 6.34. The molecule has 0 fully saturated rings. The van der Waals surface area contributed by atoms with Gasteiger partial charge in [0.25, 0.3) is 0 Å². The molecular weight excluding hydrogens is 238 g/mol. The van der Waals surface area contributed by atoms with Crippen LogP contribution in [-0.4, -0.2) is 17.0 Å². The predicted molar refractivity (Wildman–Crippen MR) is 68.8 cm³/mol. The van der Waals surface area contributed by atoms with E-state index in [-0.39, 0.29) is 17.4 Å². The average Bonchev–Trinajstić information content (AvgIpc) is 2.53. The summed E-state index contributed by atoms with van der Waals surface area (Å²) in [4.78, 5) is 23.8. The van der Waals surface area contributed by atoms with Gasteiger partial charge in [0.1, 0.15) is 5.00 Å². The van der Waals surface area contributed by atoms with Crippen LogP contribution < -0.4 is 5.32 Å². The van der Waals surface area contributed by atoms with Crippen molar-refractivity contribution in [2.45, 2.75) is 34.1 Å². The van der Waals surface area contributed by atoms with Gasteiger partial charge in [-0.05, 0) is 25.8 Å². The highest BCUT2D eigenvalue weighted by atomic mass is 32.1. The first-order chi connectivity index (χ1) is 7.88. The molecule has 1 aromatic heterocycles. The van der Waals surface area contributed by atoms with Crippen LogP contribution in [0.15, 0.2) is 0 Å². The van der Waals surface area contributed by atoms with E-state index < -0.39 is 5.97 Å². The number of amides is 1. The Bertz CT molecular complexity index is 451. The number of aryl methyl sites for hydroxylation is 1. The molecule has 0 spiro atoms. The van der Waals surface area contributed by atoms with E-state index >= 15 is 0 Å². The number of hydrogen-bond acceptors (Lipinski definition) is 3. The Hall–Kier alpha value is -1.36. The highest BCUT2D eigenvalue weighted by Crippen LogP contribution is 2.32. The molecule has 0 aliphatic heterocycles. The fourth-order valence-electron chi connectivity index (χ4n) is 1.39. The molecule has 17 heavy (non-hydrogen) atoms. The summed E-state index contributed by atoms with van der Waals surface area (Å²) in [6.45, 7) is 7.36. The van der Waals surface area contributed by atoms with Gasteiger partial charge in [-0.15, -0.1) is 11.3 Å². The molecule has 1 unspecified atom stereocenters. The van der Waals surface area contributed by atoms with Crippen LogP contribution in [0.3, 0.4) is 0 Å². The summed E-state index contributed by atoms with van der Waals surface area (Å²) in [7, 11) is 0. The lowest BCUT2D eigenvalue weighted by molar-refractivity contribution is -0.119. The van der Waals surface area contributed by atoms with Gasteiger partial charge in [0.2, 0.25) is 5.91 Å². The van der Waals surface area contributed by atoms with E-state index in [9.17, 15) is 9.59 Å². The van der Waals surface area contributed by atoms with E-state index in [2.05, 4.69) is 5.32 Å². The Morgan fingerprint density at radius 3 is 2.47 bits per heavy atom. The maximum atomic E-state index is 11.7. The van der Waals surface area contributed by atoms with Gasteiger partial charge in [-0.2, -0.15) is 0 Å². The van der Waals surface area contributed by atoms with Crippen molar-refractivity contribution in [2.24, 2.45) is 5.92 Å². The van der Waals surface area contributed by atoms with Crippen molar-refractivity contribution in [2.75, 3.05) is 5.32 Å². The number of carbonyl (C=O) groups is 2. The Morgan fingerprint density at radius 1 is 1.41 bits per heavy atom. The van der Waals surface area contributed by atoms with Crippen molar-refractivity contribution < 1.29 is 14.7 Å². The maximum absolute atomic E-state index is 11.7. The molecule has 0 saturated heterocycles. The molecule has 1 aromatic rings. The lowest BCUT2D eigenvalue weighted by atomic mass is 10.1. The minimum atomic E-state index is -0.994. The van der Waals surface area contributed by atoms with Crippen molar-refractivity contribution in [3.8, 4) is 0 Å².